The van der Waals surface area contributed by atoms with Crippen LogP contribution >= 0.6 is 11.3 Å². The van der Waals surface area contributed by atoms with Crippen LogP contribution in [0.15, 0.2) is 43.0 Å². The van der Waals surface area contributed by atoms with Crippen LogP contribution in [0.3, 0.4) is 0 Å². The van der Waals surface area contributed by atoms with Gasteiger partial charge in [-0.15, -0.1) is 0 Å². The second kappa shape index (κ2) is 9.19. The van der Waals surface area contributed by atoms with E-state index in [0.29, 0.717) is 49.1 Å². The highest BCUT2D eigenvalue weighted by Gasteiger charge is 2.37. The molecule has 1 aliphatic heterocycles. The van der Waals surface area contributed by atoms with E-state index in [2.05, 4.69) is 20.1 Å². The number of amides is 2. The lowest BCUT2D eigenvalue weighted by atomic mass is 9.80. The molecule has 3 aromatic heterocycles. The predicted octanol–water partition coefficient (Wildman–Crippen LogP) is 3.54. The molecule has 0 bridgehead atoms. The number of fused-ring (bicyclic) bond motifs is 1. The van der Waals surface area contributed by atoms with Crippen LogP contribution in [0, 0.1) is 5.41 Å². The Hall–Kier alpha value is -4.06. The second-order valence-corrected chi connectivity index (χ2v) is 9.98. The van der Waals surface area contributed by atoms with Crippen LogP contribution in [0.1, 0.15) is 26.7 Å². The molecular formula is C24H26N8O3S. The Morgan fingerprint density at radius 1 is 1.19 bits per heavy atom. The maximum absolute atomic E-state index is 11.9. The van der Waals surface area contributed by atoms with Gasteiger partial charge in [-0.3, -0.25) is 9.69 Å². The molecule has 4 aromatic rings. The molecule has 12 heteroatoms. The van der Waals surface area contributed by atoms with Crippen molar-refractivity contribution in [3.8, 4) is 16.8 Å². The fourth-order valence-electron chi connectivity index (χ4n) is 4.30. The largest absolute Gasteiger partial charge is 0.481 e. The van der Waals surface area contributed by atoms with Crippen molar-refractivity contribution in [1.82, 2.24) is 24.7 Å². The first-order valence-electron chi connectivity index (χ1n) is 11.6. The molecule has 1 saturated heterocycles. The lowest BCUT2D eigenvalue weighted by molar-refractivity contribution is -0.149. The lowest BCUT2D eigenvalue weighted by Crippen LogP contribution is -2.43. The first-order chi connectivity index (χ1) is 17.3. The predicted molar refractivity (Wildman–Crippen MR) is 138 cm³/mol. The van der Waals surface area contributed by atoms with Crippen molar-refractivity contribution in [2.75, 3.05) is 29.4 Å². The van der Waals surface area contributed by atoms with Gasteiger partial charge >= 0.3 is 12.0 Å². The van der Waals surface area contributed by atoms with Gasteiger partial charge in [-0.25, -0.2) is 24.4 Å². The molecule has 1 aromatic carbocycles. The number of anilines is 2. The molecule has 0 radical (unpaired) electrons. The molecule has 11 nitrogen and oxygen atoms in total. The number of nitrogens with zero attached hydrogens (tertiary/aromatic N) is 7. The molecule has 2 amide bonds. The standard InChI is InChI=1S/C24H26N8O3S/c1-3-31(21(25)35)23-29-17-11-15(12-18(19(17)36-23)32-8-4-7-28-32)16-13-26-22(27-14-16)30-9-5-24(2,6-10-30)20(33)34/h4,7-8,11-14H,3,5-6,9-10H2,1-2H3,(H2,25,35)(H,33,34). The Bertz CT molecular complexity index is 1410. The van der Waals surface area contributed by atoms with Gasteiger partial charge in [0.05, 0.1) is 21.3 Å². The molecule has 0 atom stereocenters. The Morgan fingerprint density at radius 2 is 1.92 bits per heavy atom. The van der Waals surface area contributed by atoms with Gasteiger partial charge in [-0.1, -0.05) is 11.3 Å². The Kier molecular flexibility index (Phi) is 6.04. The number of rotatable bonds is 6. The summed E-state index contributed by atoms with van der Waals surface area (Å²) in [7, 11) is 0. The van der Waals surface area contributed by atoms with Gasteiger partial charge in [0.1, 0.15) is 0 Å². The van der Waals surface area contributed by atoms with E-state index in [1.165, 1.54) is 16.2 Å². The van der Waals surface area contributed by atoms with E-state index < -0.39 is 17.4 Å². The summed E-state index contributed by atoms with van der Waals surface area (Å²) in [6.45, 7) is 5.23. The smallest absolute Gasteiger partial charge is 0.321 e. The first-order valence-corrected chi connectivity index (χ1v) is 12.4. The average molecular weight is 507 g/mol. The van der Waals surface area contributed by atoms with Gasteiger partial charge in [-0.05, 0) is 50.5 Å². The number of benzene rings is 1. The normalized spacial score (nSPS) is 15.2. The van der Waals surface area contributed by atoms with Crippen molar-refractivity contribution in [3.05, 3.63) is 43.0 Å². The van der Waals surface area contributed by atoms with Crippen molar-refractivity contribution in [1.29, 1.82) is 0 Å². The zero-order valence-electron chi connectivity index (χ0n) is 20.0. The van der Waals surface area contributed by atoms with E-state index in [1.54, 1.807) is 30.2 Å². The third kappa shape index (κ3) is 4.24. The van der Waals surface area contributed by atoms with E-state index in [1.807, 2.05) is 36.2 Å². The molecule has 1 fully saturated rings. The fourth-order valence-corrected chi connectivity index (χ4v) is 5.42. The molecule has 186 valence electrons. The monoisotopic (exact) mass is 506 g/mol. The molecule has 3 N–H and O–H groups in total. The number of hydrogen-bond acceptors (Lipinski definition) is 8. The molecule has 5 rings (SSSR count). The van der Waals surface area contributed by atoms with Gasteiger partial charge in [0, 0.05) is 50.0 Å². The van der Waals surface area contributed by atoms with Crippen LogP contribution in [-0.2, 0) is 4.79 Å². The Balaban J connectivity index is 1.48. The Labute approximate surface area is 211 Å². The number of nitrogens with two attached hydrogens (primary N) is 1. The number of thiazole rings is 1. The molecule has 36 heavy (non-hydrogen) atoms. The number of hydrogen-bond donors (Lipinski definition) is 2. The fraction of sp³-hybridized carbons (Fsp3) is 0.333. The van der Waals surface area contributed by atoms with Crippen molar-refractivity contribution < 1.29 is 14.7 Å². The van der Waals surface area contributed by atoms with Gasteiger partial charge in [-0.2, -0.15) is 5.10 Å². The number of carboxylic acid groups (broad SMARTS) is 1. The van der Waals surface area contributed by atoms with Crippen LogP contribution in [0.25, 0.3) is 27.0 Å². The zero-order chi connectivity index (χ0) is 25.4. The number of primary amides is 1. The van der Waals surface area contributed by atoms with Gasteiger partial charge in [0.25, 0.3) is 0 Å². The summed E-state index contributed by atoms with van der Waals surface area (Å²) in [6, 6.07) is 5.22. The maximum atomic E-state index is 11.9. The third-order valence-electron chi connectivity index (χ3n) is 6.66. The Morgan fingerprint density at radius 3 is 2.50 bits per heavy atom. The van der Waals surface area contributed by atoms with Gasteiger partial charge < -0.3 is 15.7 Å². The summed E-state index contributed by atoms with van der Waals surface area (Å²) in [5.41, 5.74) is 8.04. The highest BCUT2D eigenvalue weighted by molar-refractivity contribution is 7.22. The molecule has 4 heterocycles. The molecule has 0 unspecified atom stereocenters. The van der Waals surface area contributed by atoms with E-state index in [0.717, 1.165) is 21.5 Å². The molecular weight excluding hydrogens is 480 g/mol. The first kappa shape index (κ1) is 23.7. The number of carbonyl (C=O) groups is 2. The topological polar surface area (TPSA) is 143 Å². The van der Waals surface area contributed by atoms with Crippen molar-refractivity contribution in [3.63, 3.8) is 0 Å². The van der Waals surface area contributed by atoms with Crippen molar-refractivity contribution >= 4 is 44.6 Å². The number of piperidine rings is 1. The molecule has 0 aliphatic carbocycles. The molecule has 1 aliphatic rings. The minimum absolute atomic E-state index is 0.413. The maximum Gasteiger partial charge on any atom is 0.321 e. The second-order valence-electron chi connectivity index (χ2n) is 9.00. The van der Waals surface area contributed by atoms with E-state index in [9.17, 15) is 14.7 Å². The number of carbonyl (C=O) groups excluding carboxylic acids is 1. The number of aliphatic carboxylic acids is 1. The SMILES string of the molecule is CCN(C(N)=O)c1nc2cc(-c3cnc(N4CCC(C)(C(=O)O)CC4)nc3)cc(-n3cccn3)c2s1. The summed E-state index contributed by atoms with van der Waals surface area (Å²) in [5.74, 6) is -0.180. The van der Waals surface area contributed by atoms with Crippen LogP contribution in [0.2, 0.25) is 0 Å². The van der Waals surface area contributed by atoms with E-state index in [-0.39, 0.29) is 0 Å². The average Bonchev–Trinajstić information content (AvgIpc) is 3.54. The summed E-state index contributed by atoms with van der Waals surface area (Å²) in [6.07, 6.45) is 8.17. The highest BCUT2D eigenvalue weighted by Crippen LogP contribution is 2.37. The zero-order valence-corrected chi connectivity index (χ0v) is 20.8. The van der Waals surface area contributed by atoms with E-state index >= 15 is 0 Å². The van der Waals surface area contributed by atoms with Crippen molar-refractivity contribution in [2.45, 2.75) is 26.7 Å². The summed E-state index contributed by atoms with van der Waals surface area (Å²) < 4.78 is 2.64. The van der Waals surface area contributed by atoms with Crippen LogP contribution in [0.5, 0.6) is 0 Å². The highest BCUT2D eigenvalue weighted by atomic mass is 32.1. The van der Waals surface area contributed by atoms with Gasteiger partial charge in [0.15, 0.2) is 5.13 Å². The quantitative estimate of drug-likeness (QED) is 0.404. The number of carboxylic acids is 1. The summed E-state index contributed by atoms with van der Waals surface area (Å²) in [5, 5.41) is 14.4. The summed E-state index contributed by atoms with van der Waals surface area (Å²) in [4.78, 5) is 40.7. The minimum Gasteiger partial charge on any atom is -0.481 e. The van der Waals surface area contributed by atoms with Crippen LogP contribution in [-0.4, -0.2) is 61.5 Å². The summed E-state index contributed by atoms with van der Waals surface area (Å²) >= 11 is 1.38. The van der Waals surface area contributed by atoms with Crippen LogP contribution < -0.4 is 15.5 Å². The minimum atomic E-state index is -0.759. The molecule has 0 saturated carbocycles. The van der Waals surface area contributed by atoms with Crippen molar-refractivity contribution in [2.24, 2.45) is 11.1 Å². The molecule has 0 spiro atoms. The van der Waals surface area contributed by atoms with E-state index in [4.69, 9.17) is 5.73 Å². The third-order valence-corrected chi connectivity index (χ3v) is 7.78. The number of aromatic nitrogens is 5. The van der Waals surface area contributed by atoms with Gasteiger partial charge in [0.2, 0.25) is 5.95 Å². The lowest BCUT2D eigenvalue weighted by Gasteiger charge is -2.36. The van der Waals surface area contributed by atoms with Crippen LogP contribution in [0.4, 0.5) is 15.9 Å². The number of urea groups is 1.